The molecule has 23 heavy (non-hydrogen) atoms. The molecule has 0 saturated carbocycles. The Hall–Kier alpha value is -2.82. The van der Waals surface area contributed by atoms with E-state index in [9.17, 15) is 9.59 Å². The van der Waals surface area contributed by atoms with Crippen molar-refractivity contribution in [1.82, 2.24) is 5.32 Å². The Balaban J connectivity index is 2.07. The lowest BCUT2D eigenvalue weighted by Gasteiger charge is -2.24. The molecule has 5 heteroatoms. The summed E-state index contributed by atoms with van der Waals surface area (Å²) in [6, 6.07) is 16.3. The van der Waals surface area contributed by atoms with E-state index in [2.05, 4.69) is 16.0 Å². The van der Waals surface area contributed by atoms with Crippen molar-refractivity contribution in [2.24, 2.45) is 0 Å². The number of urea groups is 1. The van der Waals surface area contributed by atoms with Gasteiger partial charge in [0.2, 0.25) is 5.91 Å². The van der Waals surface area contributed by atoms with Crippen LogP contribution in [0.2, 0.25) is 0 Å². The molecule has 0 radical (unpaired) electrons. The Morgan fingerprint density at radius 3 is 1.87 bits per heavy atom. The summed E-state index contributed by atoms with van der Waals surface area (Å²) in [5, 5.41) is 8.05. The molecule has 2 rings (SSSR count). The van der Waals surface area contributed by atoms with E-state index in [1.807, 2.05) is 44.2 Å². The summed E-state index contributed by atoms with van der Waals surface area (Å²) < 4.78 is 0. The molecule has 0 heterocycles. The van der Waals surface area contributed by atoms with Crippen LogP contribution in [0.4, 0.5) is 16.2 Å². The molecular weight excluding hydrogens is 290 g/mol. The third-order valence-corrected chi connectivity index (χ3v) is 3.69. The molecule has 0 bridgehead atoms. The monoisotopic (exact) mass is 311 g/mol. The second kappa shape index (κ2) is 6.96. The van der Waals surface area contributed by atoms with Crippen molar-refractivity contribution in [2.45, 2.75) is 19.3 Å². The lowest BCUT2D eigenvalue weighted by atomic mass is 9.83. The summed E-state index contributed by atoms with van der Waals surface area (Å²) in [5.74, 6) is -0.0873. The van der Waals surface area contributed by atoms with E-state index in [-0.39, 0.29) is 11.9 Å². The Kier molecular flexibility index (Phi) is 5.01. The Labute approximate surface area is 136 Å². The molecule has 0 aromatic heterocycles. The minimum absolute atomic E-state index is 0.0873. The lowest BCUT2D eigenvalue weighted by Crippen LogP contribution is -2.34. The molecular formula is C18H21N3O2. The van der Waals surface area contributed by atoms with Gasteiger partial charge in [-0.2, -0.15) is 0 Å². The highest BCUT2D eigenvalue weighted by atomic mass is 16.2. The maximum absolute atomic E-state index is 12.6. The molecule has 0 spiro atoms. The second-order valence-corrected chi connectivity index (χ2v) is 5.73. The molecule has 5 nitrogen and oxygen atoms in total. The van der Waals surface area contributed by atoms with Crippen molar-refractivity contribution in [3.63, 3.8) is 0 Å². The van der Waals surface area contributed by atoms with E-state index in [4.69, 9.17) is 0 Å². The Morgan fingerprint density at radius 1 is 0.826 bits per heavy atom. The molecule has 3 amide bonds. The molecule has 2 aromatic rings. The average Bonchev–Trinajstić information content (AvgIpc) is 2.57. The number of rotatable bonds is 4. The summed E-state index contributed by atoms with van der Waals surface area (Å²) in [7, 11) is 1.55. The Bertz CT molecular complexity index is 679. The van der Waals surface area contributed by atoms with E-state index < -0.39 is 5.41 Å². The average molecular weight is 311 g/mol. The zero-order valence-corrected chi connectivity index (χ0v) is 13.5. The van der Waals surface area contributed by atoms with Gasteiger partial charge in [0.15, 0.2) is 0 Å². The second-order valence-electron chi connectivity index (χ2n) is 5.73. The number of anilines is 2. The lowest BCUT2D eigenvalue weighted by molar-refractivity contribution is -0.120. The highest BCUT2D eigenvalue weighted by Crippen LogP contribution is 2.25. The van der Waals surface area contributed by atoms with Gasteiger partial charge in [0.25, 0.3) is 0 Å². The van der Waals surface area contributed by atoms with Gasteiger partial charge in [0, 0.05) is 18.4 Å². The van der Waals surface area contributed by atoms with Crippen LogP contribution >= 0.6 is 0 Å². The molecule has 0 atom stereocenters. The van der Waals surface area contributed by atoms with Gasteiger partial charge in [-0.15, -0.1) is 0 Å². The smallest absolute Gasteiger partial charge is 0.318 e. The molecule has 3 N–H and O–H groups in total. The van der Waals surface area contributed by atoms with Gasteiger partial charge in [-0.1, -0.05) is 30.3 Å². The standard InChI is InChI=1S/C18H21N3O2/c1-18(2,13-7-5-4-6-8-13)16(22)20-14-9-11-15(12-10-14)21-17(23)19-3/h4-12H,1-3H3,(H,20,22)(H2,19,21,23). The highest BCUT2D eigenvalue weighted by Gasteiger charge is 2.29. The van der Waals surface area contributed by atoms with E-state index >= 15 is 0 Å². The van der Waals surface area contributed by atoms with E-state index in [1.165, 1.54) is 0 Å². The first kappa shape index (κ1) is 16.5. The van der Waals surface area contributed by atoms with Crippen molar-refractivity contribution in [1.29, 1.82) is 0 Å². The van der Waals surface area contributed by atoms with Crippen LogP contribution in [0.25, 0.3) is 0 Å². The maximum atomic E-state index is 12.6. The normalized spacial score (nSPS) is 10.7. The SMILES string of the molecule is CNC(=O)Nc1ccc(NC(=O)C(C)(C)c2ccccc2)cc1. The molecule has 120 valence electrons. The van der Waals surface area contributed by atoms with Crippen LogP contribution in [0.15, 0.2) is 54.6 Å². The fraction of sp³-hybridized carbons (Fsp3) is 0.222. The van der Waals surface area contributed by atoms with Crippen LogP contribution in [0.1, 0.15) is 19.4 Å². The van der Waals surface area contributed by atoms with E-state index in [1.54, 1.807) is 31.3 Å². The van der Waals surface area contributed by atoms with Crippen LogP contribution in [0, 0.1) is 0 Å². The summed E-state index contributed by atoms with van der Waals surface area (Å²) in [6.45, 7) is 3.78. The molecule has 2 aromatic carbocycles. The van der Waals surface area contributed by atoms with Gasteiger partial charge in [-0.3, -0.25) is 4.79 Å². The van der Waals surface area contributed by atoms with Crippen molar-refractivity contribution < 1.29 is 9.59 Å². The number of carbonyl (C=O) groups excluding carboxylic acids is 2. The summed E-state index contributed by atoms with van der Waals surface area (Å²) >= 11 is 0. The van der Waals surface area contributed by atoms with Crippen LogP contribution in [0.5, 0.6) is 0 Å². The first-order valence-corrected chi connectivity index (χ1v) is 7.39. The van der Waals surface area contributed by atoms with Crippen LogP contribution in [-0.2, 0) is 10.2 Å². The third-order valence-electron chi connectivity index (χ3n) is 3.69. The number of hydrogen-bond acceptors (Lipinski definition) is 2. The van der Waals surface area contributed by atoms with E-state index in [0.29, 0.717) is 11.4 Å². The first-order valence-electron chi connectivity index (χ1n) is 7.39. The van der Waals surface area contributed by atoms with Crippen LogP contribution in [-0.4, -0.2) is 19.0 Å². The number of carbonyl (C=O) groups is 2. The van der Waals surface area contributed by atoms with Gasteiger partial charge in [-0.05, 0) is 43.7 Å². The topological polar surface area (TPSA) is 70.2 Å². The summed E-state index contributed by atoms with van der Waals surface area (Å²) in [5.41, 5.74) is 1.65. The van der Waals surface area contributed by atoms with Crippen molar-refractivity contribution in [2.75, 3.05) is 17.7 Å². The van der Waals surface area contributed by atoms with Gasteiger partial charge in [0.05, 0.1) is 5.41 Å². The minimum Gasteiger partial charge on any atom is -0.341 e. The fourth-order valence-corrected chi connectivity index (χ4v) is 2.10. The van der Waals surface area contributed by atoms with Gasteiger partial charge in [-0.25, -0.2) is 4.79 Å². The first-order chi connectivity index (χ1) is 10.9. The zero-order chi connectivity index (χ0) is 16.9. The predicted molar refractivity (Wildman–Crippen MR) is 92.6 cm³/mol. The van der Waals surface area contributed by atoms with E-state index in [0.717, 1.165) is 5.56 Å². The Morgan fingerprint density at radius 2 is 1.35 bits per heavy atom. The number of nitrogens with one attached hydrogen (secondary N) is 3. The largest absolute Gasteiger partial charge is 0.341 e. The van der Waals surface area contributed by atoms with Crippen molar-refractivity contribution >= 4 is 23.3 Å². The third kappa shape index (κ3) is 4.10. The fourth-order valence-electron chi connectivity index (χ4n) is 2.10. The predicted octanol–water partition coefficient (Wildman–Crippen LogP) is 3.35. The van der Waals surface area contributed by atoms with Gasteiger partial charge in [0.1, 0.15) is 0 Å². The summed E-state index contributed by atoms with van der Waals surface area (Å²) in [4.78, 5) is 23.8. The van der Waals surface area contributed by atoms with Crippen molar-refractivity contribution in [3.8, 4) is 0 Å². The van der Waals surface area contributed by atoms with Gasteiger partial charge < -0.3 is 16.0 Å². The molecule has 0 unspecified atom stereocenters. The van der Waals surface area contributed by atoms with Gasteiger partial charge >= 0.3 is 6.03 Å². The minimum atomic E-state index is -0.639. The number of hydrogen-bond donors (Lipinski definition) is 3. The summed E-state index contributed by atoms with van der Waals surface area (Å²) in [6.07, 6.45) is 0. The molecule has 0 aliphatic rings. The van der Waals surface area contributed by atoms with Crippen LogP contribution in [0.3, 0.4) is 0 Å². The highest BCUT2D eigenvalue weighted by molar-refractivity contribution is 5.98. The zero-order valence-electron chi connectivity index (χ0n) is 13.5. The molecule has 0 saturated heterocycles. The quantitative estimate of drug-likeness (QED) is 0.810. The number of amides is 3. The molecule has 0 aliphatic heterocycles. The van der Waals surface area contributed by atoms with Crippen LogP contribution < -0.4 is 16.0 Å². The maximum Gasteiger partial charge on any atom is 0.318 e. The number of benzene rings is 2. The molecule has 0 aliphatic carbocycles. The molecule has 0 fully saturated rings. The van der Waals surface area contributed by atoms with Crippen molar-refractivity contribution in [3.05, 3.63) is 60.2 Å².